The van der Waals surface area contributed by atoms with Gasteiger partial charge in [-0.15, -0.1) is 5.10 Å². The lowest BCUT2D eigenvalue weighted by Crippen LogP contribution is -2.59. The number of hydrogen-bond acceptors (Lipinski definition) is 5. The largest absolute Gasteiger partial charge is 0.380 e. The molecule has 1 amide bonds. The molecule has 3 N–H and O–H groups in total. The van der Waals surface area contributed by atoms with Gasteiger partial charge in [0.25, 0.3) is 5.91 Å². The lowest BCUT2D eigenvalue weighted by atomic mass is 10.1. The van der Waals surface area contributed by atoms with Gasteiger partial charge in [0.05, 0.1) is 12.3 Å². The number of anilines is 1. The lowest BCUT2D eigenvalue weighted by molar-refractivity contribution is -0.346. The van der Waals surface area contributed by atoms with Gasteiger partial charge in [-0.25, -0.2) is 13.8 Å². The highest BCUT2D eigenvalue weighted by Crippen LogP contribution is 2.48. The molecule has 1 aliphatic rings. The second kappa shape index (κ2) is 9.68. The minimum Gasteiger partial charge on any atom is -0.370 e. The minimum absolute atomic E-state index is 0.136. The molecule has 0 aromatic heterocycles. The van der Waals surface area contributed by atoms with E-state index < -0.39 is 49.5 Å². The van der Waals surface area contributed by atoms with Crippen molar-refractivity contribution in [1.29, 1.82) is 0 Å². The number of amidine groups is 1. The van der Waals surface area contributed by atoms with Crippen LogP contribution in [0.3, 0.4) is 0 Å². The first-order valence-electron chi connectivity index (χ1n) is 9.85. The topological polar surface area (TPSA) is 80.0 Å². The molecule has 2 aromatic carbocycles. The summed E-state index contributed by atoms with van der Waals surface area (Å²) in [5.74, 6) is -19.2. The highest BCUT2D eigenvalue weighted by atomic mass is 19.4. The fourth-order valence-electron chi connectivity index (χ4n) is 3.13. The van der Waals surface area contributed by atoms with Crippen molar-refractivity contribution in [1.82, 2.24) is 5.32 Å². The van der Waals surface area contributed by atoms with Gasteiger partial charge in [0.15, 0.2) is 0 Å². The smallest absolute Gasteiger partial charge is 0.370 e. The van der Waals surface area contributed by atoms with Crippen LogP contribution >= 0.6 is 0 Å². The summed E-state index contributed by atoms with van der Waals surface area (Å²) in [7, 11) is 0. The van der Waals surface area contributed by atoms with Crippen molar-refractivity contribution in [2.24, 2.45) is 10.8 Å². The number of halogens is 8. The van der Waals surface area contributed by atoms with E-state index in [0.29, 0.717) is 11.3 Å². The molecule has 35 heavy (non-hydrogen) atoms. The van der Waals surface area contributed by atoms with Crippen LogP contribution in [-0.2, 0) is 16.1 Å². The number of amides is 1. The maximum atomic E-state index is 13.7. The second-order valence-electron chi connectivity index (χ2n) is 7.48. The van der Waals surface area contributed by atoms with Crippen molar-refractivity contribution >= 4 is 17.4 Å². The zero-order chi connectivity index (χ0) is 26.0. The fraction of sp³-hybridized carbons (Fsp3) is 0.333. The maximum Gasteiger partial charge on any atom is 0.380 e. The molecule has 2 aromatic rings. The third-order valence-electron chi connectivity index (χ3n) is 4.95. The van der Waals surface area contributed by atoms with Crippen molar-refractivity contribution in [3.63, 3.8) is 0 Å². The number of nitrogens with one attached hydrogen (secondary N) is 1. The number of benzene rings is 2. The summed E-state index contributed by atoms with van der Waals surface area (Å²) in [5.41, 5.74) is 6.41. The molecule has 6 nitrogen and oxygen atoms in total. The van der Waals surface area contributed by atoms with Crippen LogP contribution in [-0.4, -0.2) is 42.5 Å². The molecule has 1 aliphatic heterocycles. The molecule has 0 aliphatic carbocycles. The van der Waals surface area contributed by atoms with Crippen LogP contribution in [0.2, 0.25) is 0 Å². The molecule has 0 saturated heterocycles. The molecule has 1 unspecified atom stereocenters. The van der Waals surface area contributed by atoms with Gasteiger partial charge in [-0.05, 0) is 23.3 Å². The Balaban J connectivity index is 1.76. The number of hydrogen-bond donors (Lipinski definition) is 2. The van der Waals surface area contributed by atoms with E-state index in [0.717, 1.165) is 0 Å². The van der Waals surface area contributed by atoms with Crippen LogP contribution in [0.15, 0.2) is 59.7 Å². The zero-order valence-corrected chi connectivity index (χ0v) is 17.6. The quantitative estimate of drug-likeness (QED) is 0.468. The highest BCUT2D eigenvalue weighted by Gasteiger charge is 2.75. The van der Waals surface area contributed by atoms with Crippen LogP contribution in [0.25, 0.3) is 0 Å². The van der Waals surface area contributed by atoms with Crippen molar-refractivity contribution in [2.45, 2.75) is 37.0 Å². The molecular formula is C21H18F8N4O2. The Morgan fingerprint density at radius 3 is 2.31 bits per heavy atom. The molecule has 0 saturated carbocycles. The second-order valence-corrected chi connectivity index (χ2v) is 7.48. The molecule has 0 fully saturated rings. The van der Waals surface area contributed by atoms with Gasteiger partial charge < -0.3 is 15.8 Å². The SMILES string of the molecule is NC(=O)C1=NN(c2cccc(COCC(F)(F)C(F)(F)C(F)(F)C(F)F)c2)C(c2ccccc2)N1. The highest BCUT2D eigenvalue weighted by molar-refractivity contribution is 6.38. The van der Waals surface area contributed by atoms with E-state index in [1.807, 2.05) is 0 Å². The average Bonchev–Trinajstić information content (AvgIpc) is 3.25. The first-order valence-corrected chi connectivity index (χ1v) is 9.85. The van der Waals surface area contributed by atoms with Crippen LogP contribution in [0.1, 0.15) is 17.3 Å². The van der Waals surface area contributed by atoms with E-state index in [4.69, 9.17) is 5.73 Å². The number of carbonyl (C=O) groups is 1. The third kappa shape index (κ3) is 5.16. The first kappa shape index (κ1) is 26.2. The van der Waals surface area contributed by atoms with Crippen LogP contribution in [0.5, 0.6) is 0 Å². The Bertz CT molecular complexity index is 1080. The lowest BCUT2D eigenvalue weighted by Gasteiger charge is -2.32. The Morgan fingerprint density at radius 2 is 1.71 bits per heavy atom. The van der Waals surface area contributed by atoms with E-state index in [1.54, 1.807) is 30.3 Å². The van der Waals surface area contributed by atoms with E-state index in [9.17, 15) is 39.9 Å². The third-order valence-corrected chi connectivity index (χ3v) is 4.95. The number of nitrogens with two attached hydrogens (primary N) is 1. The summed E-state index contributed by atoms with van der Waals surface area (Å²) in [6, 6.07) is 14.4. The van der Waals surface area contributed by atoms with Gasteiger partial charge in [0, 0.05) is 0 Å². The Kier molecular flexibility index (Phi) is 7.24. The molecule has 0 spiro atoms. The molecule has 1 heterocycles. The summed E-state index contributed by atoms with van der Waals surface area (Å²) in [6.07, 6.45) is -5.69. The van der Waals surface area contributed by atoms with Gasteiger partial charge in [0.1, 0.15) is 12.8 Å². The molecule has 190 valence electrons. The fourth-order valence-corrected chi connectivity index (χ4v) is 3.13. The number of alkyl halides is 8. The summed E-state index contributed by atoms with van der Waals surface area (Å²) in [4.78, 5) is 11.6. The monoisotopic (exact) mass is 510 g/mol. The number of carbonyl (C=O) groups excluding carboxylic acids is 1. The Morgan fingerprint density at radius 1 is 1.06 bits per heavy atom. The Labute approximate surface area is 193 Å². The van der Waals surface area contributed by atoms with Gasteiger partial charge in [0.2, 0.25) is 5.84 Å². The first-order chi connectivity index (χ1) is 16.3. The number of rotatable bonds is 10. The average molecular weight is 510 g/mol. The predicted molar refractivity (Wildman–Crippen MR) is 108 cm³/mol. The molecule has 0 radical (unpaired) electrons. The number of hydrazone groups is 1. The standard InChI is InChI=1S/C21H18F8N4O2/c22-18(23)20(26,27)21(28,29)19(24,25)11-35-10-12-5-4-8-14(9-12)33-17(13-6-2-1-3-7-13)31-16(32-33)15(30)34/h1-9,17-18H,10-11H2,(H2,30,34)(H,31,32). The van der Waals surface area contributed by atoms with Gasteiger partial charge >= 0.3 is 24.2 Å². The van der Waals surface area contributed by atoms with E-state index in [2.05, 4.69) is 15.2 Å². The molecule has 1 atom stereocenters. The number of primary amides is 1. The van der Waals surface area contributed by atoms with Crippen LogP contribution < -0.4 is 16.1 Å². The van der Waals surface area contributed by atoms with Crippen molar-refractivity contribution < 1.29 is 44.7 Å². The summed E-state index contributed by atoms with van der Waals surface area (Å²) >= 11 is 0. The van der Waals surface area contributed by atoms with Crippen molar-refractivity contribution in [2.75, 3.05) is 11.6 Å². The summed E-state index contributed by atoms with van der Waals surface area (Å²) in [5, 5.41) is 8.29. The van der Waals surface area contributed by atoms with E-state index in [1.165, 1.54) is 29.3 Å². The predicted octanol–water partition coefficient (Wildman–Crippen LogP) is 4.28. The molecule has 3 rings (SSSR count). The number of nitrogens with zero attached hydrogens (tertiary/aromatic N) is 2. The van der Waals surface area contributed by atoms with E-state index in [-0.39, 0.29) is 11.4 Å². The zero-order valence-electron chi connectivity index (χ0n) is 17.6. The summed E-state index contributed by atoms with van der Waals surface area (Å²) in [6.45, 7) is -2.99. The molecule has 14 heteroatoms. The molecule has 0 bridgehead atoms. The van der Waals surface area contributed by atoms with Crippen LogP contribution in [0, 0.1) is 0 Å². The normalized spacial score (nSPS) is 16.9. The van der Waals surface area contributed by atoms with Crippen molar-refractivity contribution in [3.05, 3.63) is 65.7 Å². The van der Waals surface area contributed by atoms with E-state index >= 15 is 0 Å². The Hall–Kier alpha value is -3.42. The molecular weight excluding hydrogens is 492 g/mol. The van der Waals surface area contributed by atoms with Crippen molar-refractivity contribution in [3.8, 4) is 0 Å². The van der Waals surface area contributed by atoms with Crippen LogP contribution in [0.4, 0.5) is 40.8 Å². The van der Waals surface area contributed by atoms with Gasteiger partial charge in [-0.2, -0.15) is 26.3 Å². The van der Waals surface area contributed by atoms with Gasteiger partial charge in [-0.1, -0.05) is 42.5 Å². The maximum absolute atomic E-state index is 13.7. The van der Waals surface area contributed by atoms with Gasteiger partial charge in [-0.3, -0.25) is 4.79 Å². The number of ether oxygens (including phenoxy) is 1. The minimum atomic E-state index is -6.35. The summed E-state index contributed by atoms with van der Waals surface area (Å²) < 4.78 is 109.